The van der Waals surface area contributed by atoms with Gasteiger partial charge in [0.1, 0.15) is 11.0 Å². The van der Waals surface area contributed by atoms with Crippen LogP contribution in [0.3, 0.4) is 0 Å². The molecule has 1 atom stereocenters. The number of benzene rings is 2. The Morgan fingerprint density at radius 2 is 1.83 bits per heavy atom. The fourth-order valence-electron chi connectivity index (χ4n) is 2.62. The van der Waals surface area contributed by atoms with Crippen LogP contribution >= 0.6 is 11.3 Å². The van der Waals surface area contributed by atoms with Crippen molar-refractivity contribution in [2.24, 2.45) is 0 Å². The molecule has 24 heavy (non-hydrogen) atoms. The van der Waals surface area contributed by atoms with Crippen molar-refractivity contribution < 1.29 is 4.79 Å². The van der Waals surface area contributed by atoms with Crippen molar-refractivity contribution in [3.8, 4) is 0 Å². The highest BCUT2D eigenvalue weighted by Gasteiger charge is 2.19. The fraction of sp³-hybridized carbons (Fsp3) is 0.0556. The molecule has 4 aromatic rings. The van der Waals surface area contributed by atoms with E-state index in [2.05, 4.69) is 20.7 Å². The van der Waals surface area contributed by atoms with Crippen LogP contribution in [0.1, 0.15) is 26.8 Å². The van der Waals surface area contributed by atoms with Gasteiger partial charge in [-0.2, -0.15) is 15.4 Å². The molecule has 0 radical (unpaired) electrons. The Balaban J connectivity index is 1.65. The Labute approximate surface area is 142 Å². The maximum Gasteiger partial charge on any atom is 0.252 e. The molecule has 0 saturated carbocycles. The average Bonchev–Trinajstić information content (AvgIpc) is 3.31. The number of H-pyrrole nitrogens is 1. The molecule has 0 bridgehead atoms. The number of aromatic nitrogens is 3. The molecule has 0 aliphatic heterocycles. The summed E-state index contributed by atoms with van der Waals surface area (Å²) in [5, 5.41) is 15.7. The zero-order valence-electron chi connectivity index (χ0n) is 12.6. The third kappa shape index (κ3) is 2.79. The standard InChI is InChI=1S/C18H14N4OS/c23-18(13-8-9-14-15(11-13)21-22-20-14)19-17(16-7-4-10-24-16)12-5-2-1-3-6-12/h1-11,17H,(H,19,23)(H,20,21,22). The van der Waals surface area contributed by atoms with Crippen molar-refractivity contribution in [1.29, 1.82) is 0 Å². The third-order valence-corrected chi connectivity index (χ3v) is 4.75. The number of nitrogens with zero attached hydrogens (tertiary/aromatic N) is 2. The first-order chi connectivity index (χ1) is 11.8. The minimum atomic E-state index is -0.174. The number of nitrogens with one attached hydrogen (secondary N) is 2. The van der Waals surface area contributed by atoms with E-state index in [1.54, 1.807) is 29.5 Å². The van der Waals surface area contributed by atoms with Gasteiger partial charge in [-0.15, -0.1) is 11.3 Å². The summed E-state index contributed by atoms with van der Waals surface area (Å²) < 4.78 is 0. The molecule has 2 aromatic heterocycles. The first kappa shape index (κ1) is 14.6. The largest absolute Gasteiger partial charge is 0.340 e. The van der Waals surface area contributed by atoms with Crippen molar-refractivity contribution in [2.75, 3.05) is 0 Å². The van der Waals surface area contributed by atoms with E-state index in [1.807, 2.05) is 47.8 Å². The van der Waals surface area contributed by atoms with Gasteiger partial charge in [-0.05, 0) is 35.2 Å². The summed E-state index contributed by atoms with van der Waals surface area (Å²) in [6.07, 6.45) is 0. The molecule has 6 heteroatoms. The Hall–Kier alpha value is -2.99. The number of hydrogen-bond donors (Lipinski definition) is 2. The molecule has 1 amide bonds. The Bertz CT molecular complexity index is 963. The van der Waals surface area contributed by atoms with Crippen LogP contribution in [0.15, 0.2) is 66.0 Å². The number of fused-ring (bicyclic) bond motifs is 1. The topological polar surface area (TPSA) is 70.7 Å². The summed E-state index contributed by atoms with van der Waals surface area (Å²) in [5.41, 5.74) is 3.03. The second-order valence-electron chi connectivity index (χ2n) is 5.36. The normalized spacial score (nSPS) is 12.2. The summed E-state index contributed by atoms with van der Waals surface area (Å²) in [4.78, 5) is 13.8. The molecular formula is C18H14N4OS. The van der Waals surface area contributed by atoms with Crippen molar-refractivity contribution in [3.05, 3.63) is 82.0 Å². The van der Waals surface area contributed by atoms with E-state index in [9.17, 15) is 4.79 Å². The molecule has 0 spiro atoms. The van der Waals surface area contributed by atoms with E-state index in [0.717, 1.165) is 16.0 Å². The molecule has 2 aromatic carbocycles. The molecule has 118 valence electrons. The van der Waals surface area contributed by atoms with Crippen LogP contribution in [0, 0.1) is 0 Å². The first-order valence-electron chi connectivity index (χ1n) is 7.51. The average molecular weight is 334 g/mol. The minimum absolute atomic E-state index is 0.137. The lowest BCUT2D eigenvalue weighted by Gasteiger charge is -2.18. The van der Waals surface area contributed by atoms with Gasteiger partial charge in [0.05, 0.1) is 6.04 Å². The molecule has 0 fully saturated rings. The first-order valence-corrected chi connectivity index (χ1v) is 8.39. The lowest BCUT2D eigenvalue weighted by atomic mass is 10.0. The number of aromatic amines is 1. The predicted octanol–water partition coefficient (Wildman–Crippen LogP) is 3.54. The van der Waals surface area contributed by atoms with Crippen LogP contribution in [0.5, 0.6) is 0 Å². The van der Waals surface area contributed by atoms with Crippen molar-refractivity contribution in [3.63, 3.8) is 0 Å². The summed E-state index contributed by atoms with van der Waals surface area (Å²) >= 11 is 1.62. The lowest BCUT2D eigenvalue weighted by Crippen LogP contribution is -2.28. The fourth-order valence-corrected chi connectivity index (χ4v) is 3.42. The number of rotatable bonds is 4. The highest BCUT2D eigenvalue weighted by molar-refractivity contribution is 7.10. The zero-order chi connectivity index (χ0) is 16.4. The zero-order valence-corrected chi connectivity index (χ0v) is 13.5. The molecule has 1 unspecified atom stereocenters. The summed E-state index contributed by atoms with van der Waals surface area (Å²) in [6, 6.07) is 19.1. The smallest absolute Gasteiger partial charge is 0.252 e. The van der Waals surface area contributed by atoms with Gasteiger partial charge >= 0.3 is 0 Å². The third-order valence-electron chi connectivity index (χ3n) is 3.81. The maximum atomic E-state index is 12.7. The van der Waals surface area contributed by atoms with E-state index in [0.29, 0.717) is 11.1 Å². The molecule has 0 aliphatic carbocycles. The highest BCUT2D eigenvalue weighted by atomic mass is 32.1. The van der Waals surface area contributed by atoms with Gasteiger partial charge in [-0.1, -0.05) is 36.4 Å². The Morgan fingerprint density at radius 1 is 1.00 bits per heavy atom. The summed E-state index contributed by atoms with van der Waals surface area (Å²) in [7, 11) is 0. The number of thiophene rings is 1. The number of amides is 1. The second kappa shape index (κ2) is 6.25. The second-order valence-corrected chi connectivity index (χ2v) is 6.34. The molecule has 2 N–H and O–H groups in total. The van der Waals surface area contributed by atoms with Crippen LogP contribution in [0.25, 0.3) is 11.0 Å². The van der Waals surface area contributed by atoms with Crippen LogP contribution in [0.4, 0.5) is 0 Å². The summed E-state index contributed by atoms with van der Waals surface area (Å²) in [5.74, 6) is -0.137. The van der Waals surface area contributed by atoms with Crippen LogP contribution in [0.2, 0.25) is 0 Å². The predicted molar refractivity (Wildman–Crippen MR) is 94.0 cm³/mol. The summed E-state index contributed by atoms with van der Waals surface area (Å²) in [6.45, 7) is 0. The van der Waals surface area contributed by atoms with Gasteiger partial charge in [-0.25, -0.2) is 0 Å². The van der Waals surface area contributed by atoms with Crippen LogP contribution < -0.4 is 5.32 Å². The van der Waals surface area contributed by atoms with E-state index in [4.69, 9.17) is 0 Å². The Morgan fingerprint density at radius 3 is 2.62 bits per heavy atom. The molecule has 0 aliphatic rings. The van der Waals surface area contributed by atoms with E-state index < -0.39 is 0 Å². The number of carbonyl (C=O) groups excluding carboxylic acids is 1. The number of hydrogen-bond acceptors (Lipinski definition) is 4. The van der Waals surface area contributed by atoms with Gasteiger partial charge < -0.3 is 5.32 Å². The molecule has 4 rings (SSSR count). The molecule has 2 heterocycles. The van der Waals surface area contributed by atoms with Gasteiger partial charge in [0, 0.05) is 10.4 Å². The van der Waals surface area contributed by atoms with E-state index >= 15 is 0 Å². The molecule has 0 saturated heterocycles. The van der Waals surface area contributed by atoms with Crippen LogP contribution in [-0.4, -0.2) is 21.3 Å². The van der Waals surface area contributed by atoms with E-state index in [1.165, 1.54) is 0 Å². The van der Waals surface area contributed by atoms with E-state index in [-0.39, 0.29) is 11.9 Å². The van der Waals surface area contributed by atoms with Gasteiger partial charge in [0.25, 0.3) is 5.91 Å². The maximum absolute atomic E-state index is 12.7. The highest BCUT2D eigenvalue weighted by Crippen LogP contribution is 2.26. The lowest BCUT2D eigenvalue weighted by molar-refractivity contribution is 0.0943. The monoisotopic (exact) mass is 334 g/mol. The van der Waals surface area contributed by atoms with Crippen LogP contribution in [-0.2, 0) is 0 Å². The molecular weight excluding hydrogens is 320 g/mol. The van der Waals surface area contributed by atoms with Gasteiger partial charge in [0.15, 0.2) is 0 Å². The Kier molecular flexibility index (Phi) is 3.80. The molecule has 5 nitrogen and oxygen atoms in total. The number of carbonyl (C=O) groups is 1. The van der Waals surface area contributed by atoms with Gasteiger partial charge in [-0.3, -0.25) is 4.79 Å². The van der Waals surface area contributed by atoms with Gasteiger partial charge in [0.2, 0.25) is 0 Å². The quantitative estimate of drug-likeness (QED) is 0.600. The SMILES string of the molecule is O=C(NC(c1ccccc1)c1cccs1)c1ccc2n[nH]nc2c1. The van der Waals surface area contributed by atoms with Crippen molar-refractivity contribution in [1.82, 2.24) is 20.7 Å². The van der Waals surface area contributed by atoms with Crippen molar-refractivity contribution in [2.45, 2.75) is 6.04 Å². The minimum Gasteiger partial charge on any atom is -0.340 e. The van der Waals surface area contributed by atoms with Crippen molar-refractivity contribution >= 4 is 28.3 Å².